The number of hydrogen-bond donors (Lipinski definition) is 2. The van der Waals surface area contributed by atoms with E-state index in [2.05, 4.69) is 4.98 Å². The first kappa shape index (κ1) is 11.3. The molecule has 1 aromatic carbocycles. The smallest absolute Gasteiger partial charge is 0.257 e. The van der Waals surface area contributed by atoms with Gasteiger partial charge in [0, 0.05) is 17.0 Å². The molecule has 0 spiro atoms. The second kappa shape index (κ2) is 4.35. The lowest BCUT2D eigenvalue weighted by Gasteiger charge is -2.10. The average molecular weight is 238 g/mol. The van der Waals surface area contributed by atoms with Gasteiger partial charge in [-0.2, -0.15) is 0 Å². The number of hydrogen-bond acceptors (Lipinski definition) is 5. The van der Waals surface area contributed by atoms with Gasteiger partial charge in [0.2, 0.25) is 0 Å². The third kappa shape index (κ3) is 2.31. The highest BCUT2D eigenvalue weighted by Gasteiger charge is 2.14. The molecule has 0 aliphatic rings. The van der Waals surface area contributed by atoms with Crippen LogP contribution in [0, 0.1) is 0 Å². The van der Waals surface area contributed by atoms with Gasteiger partial charge in [-0.15, -0.1) is 0 Å². The predicted molar refractivity (Wildman–Crippen MR) is 65.4 cm³/mol. The predicted octanol–water partition coefficient (Wildman–Crippen LogP) is 2.27. The molecule has 4 nitrogen and oxygen atoms in total. The summed E-state index contributed by atoms with van der Waals surface area (Å²) in [6, 6.07) is 5.36. The van der Waals surface area contributed by atoms with E-state index in [0.717, 1.165) is 5.52 Å². The van der Waals surface area contributed by atoms with Crippen LogP contribution in [0.4, 0.5) is 5.69 Å². The van der Waals surface area contributed by atoms with Gasteiger partial charge in [-0.1, -0.05) is 18.7 Å². The van der Waals surface area contributed by atoms with Gasteiger partial charge >= 0.3 is 0 Å². The number of nitrogen functional groups attached to an aromatic ring is 1. The monoisotopic (exact) mass is 238 g/mol. The first-order chi connectivity index (χ1) is 7.56. The molecule has 0 amide bonds. The second-order valence-electron chi connectivity index (χ2n) is 3.77. The summed E-state index contributed by atoms with van der Waals surface area (Å²) in [4.78, 5) is 4.31. The molecule has 1 heterocycles. The van der Waals surface area contributed by atoms with Crippen molar-refractivity contribution in [2.24, 2.45) is 0 Å². The van der Waals surface area contributed by atoms with Crippen LogP contribution in [0.15, 0.2) is 27.8 Å². The standard InChI is InChI=1S/C11H14N2O2S/c1-6(14)7(2)16-11-13-9-4-3-8(12)5-10(9)15-11/h3-7,14H,12H2,1-2H3. The Labute approximate surface area is 97.8 Å². The van der Waals surface area contributed by atoms with Crippen LogP contribution in [0.1, 0.15) is 13.8 Å². The molecular formula is C11H14N2O2S. The van der Waals surface area contributed by atoms with Crippen LogP contribution >= 0.6 is 11.8 Å². The summed E-state index contributed by atoms with van der Waals surface area (Å²) in [7, 11) is 0. The number of fused-ring (bicyclic) bond motifs is 1. The van der Waals surface area contributed by atoms with Gasteiger partial charge in [0.15, 0.2) is 5.58 Å². The maximum atomic E-state index is 9.39. The minimum Gasteiger partial charge on any atom is -0.431 e. The molecule has 2 unspecified atom stereocenters. The van der Waals surface area contributed by atoms with Crippen molar-refractivity contribution in [1.29, 1.82) is 0 Å². The number of aliphatic hydroxyl groups is 1. The number of nitrogens with two attached hydrogens (primary N) is 1. The maximum absolute atomic E-state index is 9.39. The lowest BCUT2D eigenvalue weighted by atomic mass is 10.3. The molecule has 0 radical (unpaired) electrons. The largest absolute Gasteiger partial charge is 0.431 e. The van der Waals surface area contributed by atoms with E-state index in [1.807, 2.05) is 13.0 Å². The molecule has 2 rings (SSSR count). The number of benzene rings is 1. The lowest BCUT2D eigenvalue weighted by molar-refractivity contribution is 0.196. The summed E-state index contributed by atoms with van der Waals surface area (Å²) in [6.07, 6.45) is -0.398. The zero-order valence-electron chi connectivity index (χ0n) is 9.18. The molecule has 0 saturated carbocycles. The third-order valence-corrected chi connectivity index (χ3v) is 3.50. The van der Waals surface area contributed by atoms with E-state index >= 15 is 0 Å². The van der Waals surface area contributed by atoms with Gasteiger partial charge in [0.05, 0.1) is 6.10 Å². The van der Waals surface area contributed by atoms with Crippen LogP contribution < -0.4 is 5.73 Å². The molecular weight excluding hydrogens is 224 g/mol. The summed E-state index contributed by atoms with van der Waals surface area (Å²) >= 11 is 1.41. The fraction of sp³-hybridized carbons (Fsp3) is 0.364. The van der Waals surface area contributed by atoms with E-state index in [0.29, 0.717) is 16.5 Å². The summed E-state index contributed by atoms with van der Waals surface area (Å²) in [5.41, 5.74) is 7.77. The Morgan fingerprint density at radius 3 is 2.88 bits per heavy atom. The van der Waals surface area contributed by atoms with E-state index in [1.54, 1.807) is 19.1 Å². The van der Waals surface area contributed by atoms with E-state index < -0.39 is 6.10 Å². The van der Waals surface area contributed by atoms with Gasteiger partial charge < -0.3 is 15.3 Å². The van der Waals surface area contributed by atoms with Crippen LogP contribution in [-0.2, 0) is 0 Å². The summed E-state index contributed by atoms with van der Waals surface area (Å²) < 4.78 is 5.53. The summed E-state index contributed by atoms with van der Waals surface area (Å²) in [5, 5.41) is 10.0. The minimum absolute atomic E-state index is 0.0467. The van der Waals surface area contributed by atoms with Crippen molar-refractivity contribution in [1.82, 2.24) is 4.98 Å². The number of thioether (sulfide) groups is 1. The zero-order valence-corrected chi connectivity index (χ0v) is 9.99. The number of oxazole rings is 1. The Morgan fingerprint density at radius 1 is 1.44 bits per heavy atom. The molecule has 0 aliphatic heterocycles. The van der Waals surface area contributed by atoms with Crippen molar-refractivity contribution >= 4 is 28.5 Å². The number of aliphatic hydroxyl groups excluding tert-OH is 1. The maximum Gasteiger partial charge on any atom is 0.257 e. The van der Waals surface area contributed by atoms with Gasteiger partial charge in [0.25, 0.3) is 5.22 Å². The van der Waals surface area contributed by atoms with Crippen molar-refractivity contribution in [2.75, 3.05) is 5.73 Å². The molecule has 2 aromatic rings. The molecule has 0 fully saturated rings. The molecule has 0 saturated heterocycles. The molecule has 0 aliphatic carbocycles. The SMILES string of the molecule is CC(O)C(C)Sc1nc2ccc(N)cc2o1. The quantitative estimate of drug-likeness (QED) is 0.634. The number of rotatable bonds is 3. The van der Waals surface area contributed by atoms with Crippen molar-refractivity contribution in [2.45, 2.75) is 30.4 Å². The lowest BCUT2D eigenvalue weighted by Crippen LogP contribution is -2.14. The fourth-order valence-electron chi connectivity index (χ4n) is 1.23. The van der Waals surface area contributed by atoms with Gasteiger partial charge in [-0.05, 0) is 19.1 Å². The van der Waals surface area contributed by atoms with Crippen molar-refractivity contribution in [3.8, 4) is 0 Å². The molecule has 5 heteroatoms. The van der Waals surface area contributed by atoms with Crippen LogP contribution in [0.3, 0.4) is 0 Å². The molecule has 86 valence electrons. The Hall–Kier alpha value is -1.20. The molecule has 1 aromatic heterocycles. The van der Waals surface area contributed by atoms with E-state index in [9.17, 15) is 5.11 Å². The molecule has 2 atom stereocenters. The van der Waals surface area contributed by atoms with Crippen LogP contribution in [-0.4, -0.2) is 21.4 Å². The highest BCUT2D eigenvalue weighted by molar-refractivity contribution is 7.99. The number of anilines is 1. The molecule has 16 heavy (non-hydrogen) atoms. The first-order valence-corrected chi connectivity index (χ1v) is 5.95. The zero-order chi connectivity index (χ0) is 11.7. The van der Waals surface area contributed by atoms with Gasteiger partial charge in [0.1, 0.15) is 5.52 Å². The third-order valence-electron chi connectivity index (χ3n) is 2.36. The Balaban J connectivity index is 2.26. The topological polar surface area (TPSA) is 72.3 Å². The summed E-state index contributed by atoms with van der Waals surface area (Å²) in [6.45, 7) is 3.68. The van der Waals surface area contributed by atoms with Crippen molar-refractivity contribution in [3.63, 3.8) is 0 Å². The van der Waals surface area contributed by atoms with Gasteiger partial charge in [-0.25, -0.2) is 4.98 Å². The first-order valence-electron chi connectivity index (χ1n) is 5.07. The van der Waals surface area contributed by atoms with Crippen molar-refractivity contribution in [3.05, 3.63) is 18.2 Å². The number of aromatic nitrogens is 1. The number of nitrogens with zero attached hydrogens (tertiary/aromatic N) is 1. The van der Waals surface area contributed by atoms with Crippen LogP contribution in [0.25, 0.3) is 11.1 Å². The van der Waals surface area contributed by atoms with Crippen LogP contribution in [0.5, 0.6) is 0 Å². The highest BCUT2D eigenvalue weighted by Crippen LogP contribution is 2.28. The van der Waals surface area contributed by atoms with Gasteiger partial charge in [-0.3, -0.25) is 0 Å². The Bertz CT molecular complexity index is 496. The van der Waals surface area contributed by atoms with Crippen LogP contribution in [0.2, 0.25) is 0 Å². The second-order valence-corrected chi connectivity index (χ2v) is 5.10. The minimum atomic E-state index is -0.398. The fourth-order valence-corrected chi connectivity index (χ4v) is 2.03. The molecule has 3 N–H and O–H groups in total. The van der Waals surface area contributed by atoms with E-state index in [4.69, 9.17) is 10.2 Å². The Morgan fingerprint density at radius 2 is 2.19 bits per heavy atom. The summed E-state index contributed by atoms with van der Waals surface area (Å²) in [5.74, 6) is 0. The Kier molecular flexibility index (Phi) is 3.07. The normalized spacial score (nSPS) is 15.2. The molecule has 0 bridgehead atoms. The average Bonchev–Trinajstić information content (AvgIpc) is 2.58. The van der Waals surface area contributed by atoms with Crippen molar-refractivity contribution < 1.29 is 9.52 Å². The highest BCUT2D eigenvalue weighted by atomic mass is 32.2. The van der Waals surface area contributed by atoms with E-state index in [-0.39, 0.29) is 5.25 Å². The van der Waals surface area contributed by atoms with E-state index in [1.165, 1.54) is 11.8 Å².